The van der Waals surface area contributed by atoms with E-state index in [2.05, 4.69) is 17.1 Å². The minimum absolute atomic E-state index is 0.799. The molecular formula is C16H30N2. The van der Waals surface area contributed by atoms with Crippen molar-refractivity contribution in [3.05, 3.63) is 0 Å². The Hall–Kier alpha value is -0.0800. The second-order valence-electron chi connectivity index (χ2n) is 7.10. The number of rotatable bonds is 5. The molecule has 1 saturated heterocycles. The summed E-state index contributed by atoms with van der Waals surface area (Å²) in [6.07, 6.45) is 11.7. The fourth-order valence-corrected chi connectivity index (χ4v) is 3.85. The summed E-state index contributed by atoms with van der Waals surface area (Å²) in [7, 11) is 0. The van der Waals surface area contributed by atoms with Crippen molar-refractivity contribution in [2.24, 2.45) is 11.8 Å². The Labute approximate surface area is 113 Å². The van der Waals surface area contributed by atoms with Crippen molar-refractivity contribution in [1.82, 2.24) is 10.2 Å². The summed E-state index contributed by atoms with van der Waals surface area (Å²) in [5, 5.41) is 3.67. The lowest BCUT2D eigenvalue weighted by atomic mass is 9.82. The minimum Gasteiger partial charge on any atom is -0.313 e. The third-order valence-corrected chi connectivity index (χ3v) is 5.31. The maximum Gasteiger partial charge on any atom is 0.0195 e. The van der Waals surface area contributed by atoms with Crippen LogP contribution in [0, 0.1) is 11.8 Å². The fourth-order valence-electron chi connectivity index (χ4n) is 3.85. The van der Waals surface area contributed by atoms with Crippen molar-refractivity contribution in [2.45, 2.75) is 70.4 Å². The summed E-state index contributed by atoms with van der Waals surface area (Å²) >= 11 is 0. The molecule has 104 valence electrons. The van der Waals surface area contributed by atoms with Gasteiger partial charge in [0, 0.05) is 25.2 Å². The highest BCUT2D eigenvalue weighted by molar-refractivity contribution is 4.90. The van der Waals surface area contributed by atoms with Crippen LogP contribution in [0.3, 0.4) is 0 Å². The van der Waals surface area contributed by atoms with Gasteiger partial charge in [-0.1, -0.05) is 19.8 Å². The van der Waals surface area contributed by atoms with Crippen LogP contribution in [0.5, 0.6) is 0 Å². The summed E-state index contributed by atoms with van der Waals surface area (Å²) in [5.41, 5.74) is 0. The molecule has 1 N–H and O–H groups in total. The molecule has 0 amide bonds. The van der Waals surface area contributed by atoms with Crippen molar-refractivity contribution < 1.29 is 0 Å². The van der Waals surface area contributed by atoms with Gasteiger partial charge in [-0.3, -0.25) is 4.90 Å². The predicted octanol–water partition coefficient (Wildman–Crippen LogP) is 3.03. The maximum absolute atomic E-state index is 3.67. The van der Waals surface area contributed by atoms with Crippen molar-refractivity contribution in [2.75, 3.05) is 19.6 Å². The molecule has 3 aliphatic rings. The summed E-state index contributed by atoms with van der Waals surface area (Å²) in [6.45, 7) is 6.41. The van der Waals surface area contributed by atoms with Gasteiger partial charge in [0.05, 0.1) is 0 Å². The number of nitrogens with zero attached hydrogens (tertiary/aromatic N) is 1. The summed E-state index contributed by atoms with van der Waals surface area (Å²) in [6, 6.07) is 1.75. The summed E-state index contributed by atoms with van der Waals surface area (Å²) < 4.78 is 0. The molecule has 3 rings (SSSR count). The van der Waals surface area contributed by atoms with E-state index >= 15 is 0 Å². The first kappa shape index (κ1) is 12.9. The molecule has 0 radical (unpaired) electrons. The SMILES string of the molecule is CC1CCC(CN(CC2CCCN2)C2CC2)CC1. The van der Waals surface area contributed by atoms with Crippen molar-refractivity contribution in [3.63, 3.8) is 0 Å². The van der Waals surface area contributed by atoms with Crippen LogP contribution in [-0.4, -0.2) is 36.6 Å². The van der Waals surface area contributed by atoms with Crippen LogP contribution < -0.4 is 5.32 Å². The smallest absolute Gasteiger partial charge is 0.0195 e. The molecule has 0 aromatic rings. The Morgan fingerprint density at radius 1 is 0.944 bits per heavy atom. The highest BCUT2D eigenvalue weighted by atomic mass is 15.2. The van der Waals surface area contributed by atoms with Crippen LogP contribution in [0.15, 0.2) is 0 Å². The van der Waals surface area contributed by atoms with Gasteiger partial charge >= 0.3 is 0 Å². The molecule has 1 atom stereocenters. The lowest BCUT2D eigenvalue weighted by molar-refractivity contribution is 0.167. The van der Waals surface area contributed by atoms with Gasteiger partial charge in [-0.05, 0) is 56.9 Å². The van der Waals surface area contributed by atoms with Gasteiger partial charge in [-0.2, -0.15) is 0 Å². The number of hydrogen-bond donors (Lipinski definition) is 1. The molecule has 1 heterocycles. The first-order valence-electron chi connectivity index (χ1n) is 8.28. The first-order chi connectivity index (χ1) is 8.81. The standard InChI is InChI=1S/C16H30N2/c1-13-4-6-14(7-5-13)11-18(16-8-9-16)12-15-3-2-10-17-15/h13-17H,2-12H2,1H3. The molecule has 18 heavy (non-hydrogen) atoms. The van der Waals surface area contributed by atoms with Crippen LogP contribution in [0.4, 0.5) is 0 Å². The second-order valence-corrected chi connectivity index (χ2v) is 7.10. The van der Waals surface area contributed by atoms with Gasteiger partial charge in [0.15, 0.2) is 0 Å². The molecule has 1 unspecified atom stereocenters. The zero-order valence-electron chi connectivity index (χ0n) is 12.0. The zero-order chi connectivity index (χ0) is 12.4. The number of hydrogen-bond acceptors (Lipinski definition) is 2. The van der Waals surface area contributed by atoms with Gasteiger partial charge in [-0.15, -0.1) is 0 Å². The van der Waals surface area contributed by atoms with Crippen LogP contribution >= 0.6 is 0 Å². The van der Waals surface area contributed by atoms with E-state index in [0.29, 0.717) is 0 Å². The van der Waals surface area contributed by atoms with Crippen molar-refractivity contribution in [1.29, 1.82) is 0 Å². The molecule has 3 fully saturated rings. The largest absolute Gasteiger partial charge is 0.313 e. The van der Waals surface area contributed by atoms with Gasteiger partial charge in [0.25, 0.3) is 0 Å². The molecular weight excluding hydrogens is 220 g/mol. The zero-order valence-corrected chi connectivity index (χ0v) is 12.0. The quantitative estimate of drug-likeness (QED) is 0.807. The highest BCUT2D eigenvalue weighted by Crippen LogP contribution is 2.33. The summed E-state index contributed by atoms with van der Waals surface area (Å²) in [5.74, 6) is 2.00. The van der Waals surface area contributed by atoms with Gasteiger partial charge in [0.1, 0.15) is 0 Å². The summed E-state index contributed by atoms with van der Waals surface area (Å²) in [4.78, 5) is 2.84. The Morgan fingerprint density at radius 2 is 1.72 bits per heavy atom. The van der Waals surface area contributed by atoms with E-state index in [4.69, 9.17) is 0 Å². The normalized spacial score (nSPS) is 37.3. The molecule has 2 saturated carbocycles. The van der Waals surface area contributed by atoms with E-state index in [-0.39, 0.29) is 0 Å². The van der Waals surface area contributed by atoms with Crippen LogP contribution in [0.25, 0.3) is 0 Å². The van der Waals surface area contributed by atoms with E-state index in [1.165, 1.54) is 71.0 Å². The van der Waals surface area contributed by atoms with Gasteiger partial charge in [0.2, 0.25) is 0 Å². The molecule has 0 spiro atoms. The average molecular weight is 250 g/mol. The Balaban J connectivity index is 1.47. The third kappa shape index (κ3) is 3.48. The molecule has 2 nitrogen and oxygen atoms in total. The minimum atomic E-state index is 0.799. The van der Waals surface area contributed by atoms with E-state index in [1.807, 2.05) is 0 Å². The van der Waals surface area contributed by atoms with Crippen LogP contribution in [0.2, 0.25) is 0 Å². The van der Waals surface area contributed by atoms with E-state index in [1.54, 1.807) is 0 Å². The van der Waals surface area contributed by atoms with E-state index in [9.17, 15) is 0 Å². The molecule has 2 aliphatic carbocycles. The van der Waals surface area contributed by atoms with E-state index < -0.39 is 0 Å². The first-order valence-corrected chi connectivity index (χ1v) is 8.28. The van der Waals surface area contributed by atoms with Gasteiger partial charge in [-0.25, -0.2) is 0 Å². The molecule has 0 bridgehead atoms. The third-order valence-electron chi connectivity index (χ3n) is 5.31. The van der Waals surface area contributed by atoms with Crippen molar-refractivity contribution >= 4 is 0 Å². The topological polar surface area (TPSA) is 15.3 Å². The second kappa shape index (κ2) is 5.92. The lowest BCUT2D eigenvalue weighted by Gasteiger charge is -2.33. The van der Waals surface area contributed by atoms with Crippen LogP contribution in [0.1, 0.15) is 58.3 Å². The lowest BCUT2D eigenvalue weighted by Crippen LogP contribution is -2.41. The Kier molecular flexibility index (Phi) is 4.25. The van der Waals surface area contributed by atoms with Gasteiger partial charge < -0.3 is 5.32 Å². The highest BCUT2D eigenvalue weighted by Gasteiger charge is 2.33. The van der Waals surface area contributed by atoms with Crippen molar-refractivity contribution in [3.8, 4) is 0 Å². The number of nitrogens with one attached hydrogen (secondary N) is 1. The predicted molar refractivity (Wildman–Crippen MR) is 76.7 cm³/mol. The average Bonchev–Trinajstić information content (AvgIpc) is 3.10. The Morgan fingerprint density at radius 3 is 2.33 bits per heavy atom. The molecule has 1 aliphatic heterocycles. The monoisotopic (exact) mass is 250 g/mol. The molecule has 0 aromatic heterocycles. The van der Waals surface area contributed by atoms with Crippen LogP contribution in [-0.2, 0) is 0 Å². The molecule has 2 heteroatoms. The Bertz CT molecular complexity index is 248. The fraction of sp³-hybridized carbons (Fsp3) is 1.00. The maximum atomic E-state index is 3.67. The molecule has 0 aromatic carbocycles. The van der Waals surface area contributed by atoms with E-state index in [0.717, 1.165) is 23.9 Å².